The summed E-state index contributed by atoms with van der Waals surface area (Å²) in [6, 6.07) is 25.8. The zero-order chi connectivity index (χ0) is 47.0. The Balaban J connectivity index is 0.000000317. The Morgan fingerprint density at radius 2 is 1.05 bits per heavy atom. The van der Waals surface area contributed by atoms with E-state index in [2.05, 4.69) is 69.3 Å². The number of alkyl halides is 3. The van der Waals surface area contributed by atoms with E-state index in [4.69, 9.17) is 21.9 Å². The summed E-state index contributed by atoms with van der Waals surface area (Å²) in [4.78, 5) is 26.1. The van der Waals surface area contributed by atoms with E-state index in [1.54, 1.807) is 18.2 Å². The summed E-state index contributed by atoms with van der Waals surface area (Å²) in [5.41, 5.74) is 26.8. The SMILES string of the molecule is CCCCCCCCCCC1CC(=O)N(c2cc(N)cc(N)c2)C1=O.Cc1ccc(-c2cc(OCCCCCCCCCCCCCCC(F)(F)F)cc(-c3ccc(N)cc3)c2C)cc1. The molecule has 1 unspecified atom stereocenters. The van der Waals surface area contributed by atoms with Crippen LogP contribution >= 0.6 is 0 Å². The number of aryl methyl sites for hydroxylation is 1. The maximum atomic E-state index is 12.6. The highest BCUT2D eigenvalue weighted by molar-refractivity contribution is 6.21. The van der Waals surface area contributed by atoms with Gasteiger partial charge in [-0.2, -0.15) is 13.2 Å². The lowest BCUT2D eigenvalue weighted by Crippen LogP contribution is -2.30. The summed E-state index contributed by atoms with van der Waals surface area (Å²) < 4.78 is 42.7. The van der Waals surface area contributed by atoms with Gasteiger partial charge in [-0.1, -0.05) is 164 Å². The molecule has 0 bridgehead atoms. The van der Waals surface area contributed by atoms with Crippen molar-refractivity contribution in [2.45, 2.75) is 175 Å². The zero-order valence-electron chi connectivity index (χ0n) is 39.6. The highest BCUT2D eigenvalue weighted by Crippen LogP contribution is 2.37. The summed E-state index contributed by atoms with van der Waals surface area (Å²) in [6.07, 6.45) is 18.6. The van der Waals surface area contributed by atoms with Crippen LogP contribution in [0.25, 0.3) is 22.3 Å². The van der Waals surface area contributed by atoms with Crippen molar-refractivity contribution >= 4 is 34.6 Å². The fraction of sp³-hybridized carbons (Fsp3) is 0.527. The minimum Gasteiger partial charge on any atom is -0.494 e. The van der Waals surface area contributed by atoms with E-state index in [9.17, 15) is 22.8 Å². The highest BCUT2D eigenvalue weighted by atomic mass is 19.4. The number of unbranched alkanes of at least 4 members (excludes halogenated alkanes) is 18. The van der Waals surface area contributed by atoms with Crippen LogP contribution in [-0.2, 0) is 9.59 Å². The van der Waals surface area contributed by atoms with E-state index in [-0.39, 0.29) is 24.2 Å². The standard InChI is InChI=1S/C35H46F3NO.C20H31N3O2/c1-27-15-17-29(18-16-27)33-25-32(26-34(28(33)2)30-19-21-31(39)22-20-30)40-24-14-12-10-8-6-4-3-5-7-9-11-13-23-35(36,37)38;1-2-3-4-5-6-7-8-9-10-15-11-19(24)23(20(15)25)18-13-16(21)12-17(22)14-18/h15-22,25-26H,3-14,23-24,39H2,1-2H3;12-15H,2-11,21-22H2,1H3. The molecule has 0 saturated carbocycles. The van der Waals surface area contributed by atoms with Crippen molar-refractivity contribution in [1.29, 1.82) is 0 Å². The number of hydrogen-bond acceptors (Lipinski definition) is 6. The van der Waals surface area contributed by atoms with Gasteiger partial charge < -0.3 is 21.9 Å². The average Bonchev–Trinajstić information content (AvgIpc) is 3.55. The van der Waals surface area contributed by atoms with Crippen molar-refractivity contribution in [2.75, 3.05) is 28.7 Å². The second-order valence-corrected chi connectivity index (χ2v) is 18.2. The molecule has 1 saturated heterocycles. The van der Waals surface area contributed by atoms with E-state index in [1.165, 1.54) is 97.8 Å². The molecule has 4 aromatic rings. The number of halogens is 3. The van der Waals surface area contributed by atoms with Gasteiger partial charge in [0.1, 0.15) is 5.75 Å². The number of benzene rings is 4. The summed E-state index contributed by atoms with van der Waals surface area (Å²) in [6.45, 7) is 7.20. The topological polar surface area (TPSA) is 125 Å². The number of amides is 2. The molecule has 1 atom stereocenters. The molecule has 0 spiro atoms. The second kappa shape index (κ2) is 28.1. The number of hydrogen-bond donors (Lipinski definition) is 3. The molecule has 10 heteroatoms. The van der Waals surface area contributed by atoms with E-state index in [0.29, 0.717) is 36.5 Å². The molecule has 65 heavy (non-hydrogen) atoms. The molecule has 2 amide bonds. The van der Waals surface area contributed by atoms with Gasteiger partial charge >= 0.3 is 6.18 Å². The first kappa shape index (κ1) is 52.6. The molecule has 1 aliphatic heterocycles. The van der Waals surface area contributed by atoms with Gasteiger partial charge in [0.15, 0.2) is 0 Å². The molecule has 1 fully saturated rings. The summed E-state index contributed by atoms with van der Waals surface area (Å²) in [5.74, 6) is 0.430. The minimum atomic E-state index is -4.00. The lowest BCUT2D eigenvalue weighted by Gasteiger charge is -2.16. The first-order chi connectivity index (χ1) is 31.3. The van der Waals surface area contributed by atoms with Crippen LogP contribution in [-0.4, -0.2) is 24.6 Å². The minimum absolute atomic E-state index is 0.113. The molecule has 1 aliphatic rings. The summed E-state index contributed by atoms with van der Waals surface area (Å²) >= 11 is 0. The van der Waals surface area contributed by atoms with E-state index >= 15 is 0 Å². The molecular weight excluding hydrogens is 822 g/mol. The highest BCUT2D eigenvalue weighted by Gasteiger charge is 2.39. The largest absolute Gasteiger partial charge is 0.494 e. The normalized spacial score (nSPS) is 13.9. The Bertz CT molecular complexity index is 1930. The van der Waals surface area contributed by atoms with Crippen LogP contribution < -0.4 is 26.8 Å². The molecule has 0 aromatic heterocycles. The third-order valence-corrected chi connectivity index (χ3v) is 12.5. The second-order valence-electron chi connectivity index (χ2n) is 18.2. The molecule has 1 heterocycles. The summed E-state index contributed by atoms with van der Waals surface area (Å²) in [7, 11) is 0. The lowest BCUT2D eigenvalue weighted by atomic mass is 9.92. The smallest absolute Gasteiger partial charge is 0.389 e. The first-order valence-corrected chi connectivity index (χ1v) is 24.6. The lowest BCUT2D eigenvalue weighted by molar-refractivity contribution is -0.135. The number of carbonyl (C=O) groups is 2. The summed E-state index contributed by atoms with van der Waals surface area (Å²) in [5, 5.41) is 0. The number of nitrogens with zero attached hydrogens (tertiary/aromatic N) is 1. The molecule has 4 aromatic carbocycles. The van der Waals surface area contributed by atoms with E-state index < -0.39 is 12.6 Å². The predicted octanol–water partition coefficient (Wildman–Crippen LogP) is 15.5. The van der Waals surface area contributed by atoms with Crippen LogP contribution in [0.2, 0.25) is 0 Å². The van der Waals surface area contributed by atoms with Crippen LogP contribution in [0.5, 0.6) is 5.75 Å². The van der Waals surface area contributed by atoms with Crippen molar-refractivity contribution in [3.63, 3.8) is 0 Å². The molecule has 5 rings (SSSR count). The van der Waals surface area contributed by atoms with Crippen LogP contribution in [0, 0.1) is 19.8 Å². The van der Waals surface area contributed by atoms with Gasteiger partial charge in [0.2, 0.25) is 11.8 Å². The van der Waals surface area contributed by atoms with Crippen LogP contribution in [0.1, 0.15) is 166 Å². The Kier molecular flexibility index (Phi) is 22.8. The fourth-order valence-corrected chi connectivity index (χ4v) is 8.66. The van der Waals surface area contributed by atoms with Gasteiger partial charge in [-0.15, -0.1) is 0 Å². The fourth-order valence-electron chi connectivity index (χ4n) is 8.66. The number of anilines is 4. The van der Waals surface area contributed by atoms with Crippen molar-refractivity contribution in [3.05, 3.63) is 90.0 Å². The van der Waals surface area contributed by atoms with Crippen LogP contribution in [0.4, 0.5) is 35.9 Å². The molecule has 0 radical (unpaired) electrons. The van der Waals surface area contributed by atoms with Crippen molar-refractivity contribution in [1.82, 2.24) is 0 Å². The van der Waals surface area contributed by atoms with Crippen molar-refractivity contribution < 1.29 is 27.5 Å². The maximum Gasteiger partial charge on any atom is 0.389 e. The van der Waals surface area contributed by atoms with Crippen molar-refractivity contribution in [2.24, 2.45) is 5.92 Å². The number of nitrogens with two attached hydrogens (primary N) is 3. The Labute approximate surface area is 388 Å². The number of rotatable bonds is 27. The quantitative estimate of drug-likeness (QED) is 0.0311. The monoisotopic (exact) mass is 899 g/mol. The number of ether oxygens (including phenoxy) is 1. The van der Waals surface area contributed by atoms with Gasteiger partial charge in [-0.05, 0) is 103 Å². The average molecular weight is 899 g/mol. The van der Waals surface area contributed by atoms with Crippen LogP contribution in [0.3, 0.4) is 0 Å². The van der Waals surface area contributed by atoms with Gasteiger partial charge in [0.25, 0.3) is 0 Å². The number of carbonyl (C=O) groups excluding carboxylic acids is 2. The van der Waals surface area contributed by atoms with Gasteiger partial charge in [-0.3, -0.25) is 14.5 Å². The molecule has 6 N–H and O–H groups in total. The molecule has 0 aliphatic carbocycles. The predicted molar refractivity (Wildman–Crippen MR) is 266 cm³/mol. The van der Waals surface area contributed by atoms with Crippen LogP contribution in [0.15, 0.2) is 78.9 Å². The van der Waals surface area contributed by atoms with E-state index in [0.717, 1.165) is 73.9 Å². The molecule has 356 valence electrons. The van der Waals surface area contributed by atoms with Gasteiger partial charge in [0.05, 0.1) is 12.3 Å². The Morgan fingerprint density at radius 1 is 0.585 bits per heavy atom. The maximum absolute atomic E-state index is 12.6. The van der Waals surface area contributed by atoms with E-state index in [1.807, 2.05) is 12.1 Å². The van der Waals surface area contributed by atoms with Gasteiger partial charge in [-0.25, -0.2) is 0 Å². The number of nitrogen functional groups attached to an aromatic ring is 3. The third-order valence-electron chi connectivity index (χ3n) is 12.5. The zero-order valence-corrected chi connectivity index (χ0v) is 39.6. The Morgan fingerprint density at radius 3 is 1.55 bits per heavy atom. The Hall–Kier alpha value is -4.99. The molecule has 7 nitrogen and oxygen atoms in total. The van der Waals surface area contributed by atoms with Crippen molar-refractivity contribution in [3.8, 4) is 28.0 Å². The molecular formula is C55H77F3N4O3. The number of imide groups is 1. The third kappa shape index (κ3) is 19.2. The van der Waals surface area contributed by atoms with Gasteiger partial charge in [0, 0.05) is 35.8 Å². The first-order valence-electron chi connectivity index (χ1n) is 24.6.